The van der Waals surface area contributed by atoms with Crippen molar-refractivity contribution in [3.8, 4) is 17.0 Å². The number of carboxylic acid groups (broad SMARTS) is 1. The first-order valence-corrected chi connectivity index (χ1v) is 12.3. The number of aryl methyl sites for hydroxylation is 1. The smallest absolute Gasteiger partial charge is 0.304 e. The van der Waals surface area contributed by atoms with Crippen molar-refractivity contribution in [1.29, 1.82) is 0 Å². The van der Waals surface area contributed by atoms with Crippen molar-refractivity contribution >= 4 is 17.6 Å². The molecule has 7 heteroatoms. The van der Waals surface area contributed by atoms with Gasteiger partial charge in [-0.3, -0.25) is 4.79 Å². The third-order valence-corrected chi connectivity index (χ3v) is 5.95. The van der Waals surface area contributed by atoms with E-state index >= 15 is 0 Å². The van der Waals surface area contributed by atoms with Crippen LogP contribution in [0, 0.1) is 0 Å². The van der Waals surface area contributed by atoms with Crippen molar-refractivity contribution in [3.63, 3.8) is 0 Å². The van der Waals surface area contributed by atoms with Gasteiger partial charge in [0, 0.05) is 36.8 Å². The summed E-state index contributed by atoms with van der Waals surface area (Å²) in [7, 11) is 2.02. The van der Waals surface area contributed by atoms with Crippen molar-refractivity contribution in [2.75, 3.05) is 0 Å². The van der Waals surface area contributed by atoms with Crippen LogP contribution in [0.1, 0.15) is 58.0 Å². The Bertz CT molecular complexity index is 1150. The zero-order chi connectivity index (χ0) is 25.8. The van der Waals surface area contributed by atoms with Gasteiger partial charge in [0.1, 0.15) is 11.6 Å². The molecule has 35 heavy (non-hydrogen) atoms. The van der Waals surface area contributed by atoms with E-state index in [9.17, 15) is 9.90 Å². The standard InChI is InChI=1S/C28H36ClN3O3/c1-18(2)35-25-12-9-20(14-23(25)29)16-30-22(15-26(33)34)13-19-7-10-21(11-8-19)24-17-32(6)27(31-24)28(3,4)5/h7-12,14,17-18,22,30H,13,15-16H2,1-6H3,(H,33,34)/t22-/m0/s1. The van der Waals surface area contributed by atoms with Crippen LogP contribution >= 0.6 is 11.6 Å². The van der Waals surface area contributed by atoms with Crippen molar-refractivity contribution in [2.24, 2.45) is 7.05 Å². The Morgan fingerprint density at radius 2 is 1.80 bits per heavy atom. The number of carboxylic acids is 1. The third-order valence-electron chi connectivity index (χ3n) is 5.65. The minimum Gasteiger partial charge on any atom is -0.489 e. The summed E-state index contributed by atoms with van der Waals surface area (Å²) in [6.45, 7) is 10.9. The number of ether oxygens (including phenoxy) is 1. The van der Waals surface area contributed by atoms with Crippen LogP contribution in [0.2, 0.25) is 5.02 Å². The number of nitrogens with one attached hydrogen (secondary N) is 1. The average molecular weight is 498 g/mol. The molecule has 1 heterocycles. The maximum atomic E-state index is 11.5. The summed E-state index contributed by atoms with van der Waals surface area (Å²) in [6, 6.07) is 13.6. The molecule has 0 unspecified atom stereocenters. The van der Waals surface area contributed by atoms with Gasteiger partial charge in [-0.05, 0) is 43.5 Å². The van der Waals surface area contributed by atoms with Gasteiger partial charge < -0.3 is 19.7 Å². The summed E-state index contributed by atoms with van der Waals surface area (Å²) in [5.74, 6) is 0.849. The van der Waals surface area contributed by atoms with E-state index in [-0.39, 0.29) is 24.0 Å². The lowest BCUT2D eigenvalue weighted by Gasteiger charge is -2.18. The molecule has 0 fully saturated rings. The van der Waals surface area contributed by atoms with Crippen LogP contribution in [0.4, 0.5) is 0 Å². The third kappa shape index (κ3) is 7.58. The fourth-order valence-electron chi connectivity index (χ4n) is 4.09. The average Bonchev–Trinajstić information content (AvgIpc) is 3.16. The van der Waals surface area contributed by atoms with Crippen LogP contribution in [-0.4, -0.2) is 32.8 Å². The van der Waals surface area contributed by atoms with Crippen molar-refractivity contribution < 1.29 is 14.6 Å². The molecule has 3 rings (SSSR count). The molecule has 0 saturated heterocycles. The second-order valence-electron chi connectivity index (χ2n) is 10.3. The Balaban J connectivity index is 1.68. The molecule has 188 valence electrons. The molecule has 1 atom stereocenters. The highest BCUT2D eigenvalue weighted by atomic mass is 35.5. The van der Waals surface area contributed by atoms with E-state index in [4.69, 9.17) is 21.3 Å². The number of hydrogen-bond acceptors (Lipinski definition) is 4. The molecular weight excluding hydrogens is 462 g/mol. The fourth-order valence-corrected chi connectivity index (χ4v) is 4.34. The molecule has 1 aromatic heterocycles. The molecule has 0 aliphatic rings. The van der Waals surface area contributed by atoms with Gasteiger partial charge in [0.25, 0.3) is 0 Å². The van der Waals surface area contributed by atoms with E-state index in [0.717, 1.165) is 28.2 Å². The molecular formula is C28H36ClN3O3. The van der Waals surface area contributed by atoms with E-state index in [1.54, 1.807) is 0 Å². The molecule has 0 radical (unpaired) electrons. The van der Waals surface area contributed by atoms with E-state index in [1.807, 2.05) is 57.4 Å². The van der Waals surface area contributed by atoms with Gasteiger partial charge in [-0.1, -0.05) is 62.7 Å². The highest BCUT2D eigenvalue weighted by molar-refractivity contribution is 6.32. The number of benzene rings is 2. The minimum atomic E-state index is -0.832. The highest BCUT2D eigenvalue weighted by Crippen LogP contribution is 2.27. The quantitative estimate of drug-likeness (QED) is 0.359. The van der Waals surface area contributed by atoms with Gasteiger partial charge in [0.05, 0.1) is 23.2 Å². The first-order valence-electron chi connectivity index (χ1n) is 12.0. The lowest BCUT2D eigenvalue weighted by molar-refractivity contribution is -0.137. The second-order valence-corrected chi connectivity index (χ2v) is 10.7. The number of carbonyl (C=O) groups is 1. The van der Waals surface area contributed by atoms with Crippen LogP contribution in [-0.2, 0) is 30.2 Å². The second kappa shape index (κ2) is 11.3. The Morgan fingerprint density at radius 1 is 1.14 bits per heavy atom. The summed E-state index contributed by atoms with van der Waals surface area (Å²) in [4.78, 5) is 16.3. The van der Waals surface area contributed by atoms with Crippen molar-refractivity contribution in [2.45, 2.75) is 71.6 Å². The zero-order valence-corrected chi connectivity index (χ0v) is 22.2. The van der Waals surface area contributed by atoms with E-state index < -0.39 is 5.97 Å². The van der Waals surface area contributed by atoms with Gasteiger partial charge in [0.15, 0.2) is 0 Å². The molecule has 2 aromatic carbocycles. The number of rotatable bonds is 10. The molecule has 0 aliphatic carbocycles. The molecule has 0 spiro atoms. The lowest BCUT2D eigenvalue weighted by Crippen LogP contribution is -2.33. The van der Waals surface area contributed by atoms with Crippen molar-refractivity contribution in [1.82, 2.24) is 14.9 Å². The van der Waals surface area contributed by atoms with Gasteiger partial charge in [-0.15, -0.1) is 0 Å². The minimum absolute atomic E-state index is 0.0270. The number of hydrogen-bond donors (Lipinski definition) is 2. The van der Waals surface area contributed by atoms with Gasteiger partial charge in [0.2, 0.25) is 0 Å². The van der Waals surface area contributed by atoms with Gasteiger partial charge >= 0.3 is 5.97 Å². The predicted octanol–water partition coefficient (Wildman–Crippen LogP) is 6.00. The van der Waals surface area contributed by atoms with E-state index in [1.165, 1.54) is 0 Å². The highest BCUT2D eigenvalue weighted by Gasteiger charge is 2.21. The molecule has 0 amide bonds. The summed E-state index contributed by atoms with van der Waals surface area (Å²) >= 11 is 6.35. The normalized spacial score (nSPS) is 12.7. The molecule has 0 aliphatic heterocycles. The van der Waals surface area contributed by atoms with Crippen LogP contribution in [0.5, 0.6) is 5.75 Å². The monoisotopic (exact) mass is 497 g/mol. The number of halogens is 1. The SMILES string of the molecule is CC(C)Oc1ccc(CN[C@H](CC(=O)O)Cc2ccc(-c3cn(C)c(C(C)(C)C)n3)cc2)cc1Cl. The summed E-state index contributed by atoms with van der Waals surface area (Å²) in [5.41, 5.74) is 3.99. The van der Waals surface area contributed by atoms with Crippen molar-refractivity contribution in [3.05, 3.63) is 70.6 Å². The van der Waals surface area contributed by atoms with E-state index in [0.29, 0.717) is 23.7 Å². The predicted molar refractivity (Wildman–Crippen MR) is 141 cm³/mol. The number of aromatic nitrogens is 2. The Kier molecular flexibility index (Phi) is 8.62. The Labute approximate surface area is 213 Å². The van der Waals surface area contributed by atoms with Gasteiger partial charge in [-0.2, -0.15) is 0 Å². The summed E-state index contributed by atoms with van der Waals surface area (Å²) in [6.07, 6.45) is 2.72. The molecule has 0 bridgehead atoms. The molecule has 3 aromatic rings. The maximum absolute atomic E-state index is 11.5. The molecule has 2 N–H and O–H groups in total. The van der Waals surface area contributed by atoms with Crippen LogP contribution in [0.25, 0.3) is 11.3 Å². The zero-order valence-electron chi connectivity index (χ0n) is 21.4. The Hall–Kier alpha value is -2.83. The van der Waals surface area contributed by atoms with E-state index in [2.05, 4.69) is 42.8 Å². The summed E-state index contributed by atoms with van der Waals surface area (Å²) in [5, 5.41) is 13.4. The molecule has 6 nitrogen and oxygen atoms in total. The lowest BCUT2D eigenvalue weighted by atomic mass is 9.96. The van der Waals surface area contributed by atoms with Gasteiger partial charge in [-0.25, -0.2) is 4.98 Å². The Morgan fingerprint density at radius 3 is 2.34 bits per heavy atom. The van der Waals surface area contributed by atoms with Crippen LogP contribution in [0.15, 0.2) is 48.7 Å². The number of nitrogens with zero attached hydrogens (tertiary/aromatic N) is 2. The van der Waals surface area contributed by atoms with Crippen LogP contribution < -0.4 is 10.1 Å². The first-order chi connectivity index (χ1) is 16.4. The molecule has 0 saturated carbocycles. The fraction of sp³-hybridized carbons (Fsp3) is 0.429. The maximum Gasteiger partial charge on any atom is 0.304 e. The summed E-state index contributed by atoms with van der Waals surface area (Å²) < 4.78 is 7.76. The topological polar surface area (TPSA) is 76.4 Å². The number of imidazole rings is 1. The largest absolute Gasteiger partial charge is 0.489 e. The number of aliphatic carboxylic acids is 1. The van der Waals surface area contributed by atoms with Crippen LogP contribution in [0.3, 0.4) is 0 Å². The first kappa shape index (κ1) is 26.8.